The van der Waals surface area contributed by atoms with E-state index in [9.17, 15) is 8.42 Å². The van der Waals surface area contributed by atoms with Gasteiger partial charge in [-0.2, -0.15) is 0 Å². The molecule has 1 aromatic heterocycles. The molecule has 17 heavy (non-hydrogen) atoms. The van der Waals surface area contributed by atoms with E-state index in [0.29, 0.717) is 18.9 Å². The predicted octanol–water partition coefficient (Wildman–Crippen LogP) is 1.41. The standard InChI is InChI=1S/C11H15N3O2S/c1-17(15,16)8-4-7-12-11-13-9-5-2-3-6-10(9)14-11/h2-3,5-6H,4,7-8H2,1H3,(H2,12,13,14). The molecular weight excluding hydrogens is 238 g/mol. The van der Waals surface area contributed by atoms with E-state index in [1.807, 2.05) is 24.3 Å². The van der Waals surface area contributed by atoms with E-state index in [1.165, 1.54) is 6.26 Å². The van der Waals surface area contributed by atoms with Crippen LogP contribution in [0.3, 0.4) is 0 Å². The number of hydrogen-bond donors (Lipinski definition) is 2. The minimum absolute atomic E-state index is 0.195. The fourth-order valence-electron chi connectivity index (χ4n) is 1.58. The monoisotopic (exact) mass is 253 g/mol. The summed E-state index contributed by atoms with van der Waals surface area (Å²) in [6.45, 7) is 0.590. The Balaban J connectivity index is 1.91. The number of H-pyrrole nitrogens is 1. The highest BCUT2D eigenvalue weighted by molar-refractivity contribution is 7.90. The summed E-state index contributed by atoms with van der Waals surface area (Å²) in [6.07, 6.45) is 1.82. The second kappa shape index (κ2) is 4.75. The SMILES string of the molecule is CS(=O)(=O)CCCNc1nc2ccccc2[nH]1. The first-order valence-electron chi connectivity index (χ1n) is 5.41. The lowest BCUT2D eigenvalue weighted by atomic mass is 10.3. The highest BCUT2D eigenvalue weighted by atomic mass is 32.2. The molecule has 1 heterocycles. The summed E-state index contributed by atoms with van der Waals surface area (Å²) in [5, 5.41) is 3.08. The Morgan fingerprint density at radius 1 is 1.35 bits per heavy atom. The van der Waals surface area contributed by atoms with Crippen LogP contribution >= 0.6 is 0 Å². The lowest BCUT2D eigenvalue weighted by molar-refractivity contribution is 0.600. The van der Waals surface area contributed by atoms with Crippen molar-refractivity contribution in [1.82, 2.24) is 9.97 Å². The summed E-state index contributed by atoms with van der Waals surface area (Å²) in [7, 11) is -2.87. The maximum absolute atomic E-state index is 10.9. The van der Waals surface area contributed by atoms with Gasteiger partial charge >= 0.3 is 0 Å². The maximum atomic E-state index is 10.9. The Morgan fingerprint density at radius 2 is 2.12 bits per heavy atom. The summed E-state index contributed by atoms with van der Waals surface area (Å²) in [6, 6.07) is 7.74. The molecule has 92 valence electrons. The van der Waals surface area contributed by atoms with Gasteiger partial charge in [0, 0.05) is 12.8 Å². The number of imidazole rings is 1. The van der Waals surface area contributed by atoms with Gasteiger partial charge in [-0.15, -0.1) is 0 Å². The Bertz CT molecular complexity index is 571. The second-order valence-electron chi connectivity index (χ2n) is 4.01. The van der Waals surface area contributed by atoms with Crippen LogP contribution in [0.4, 0.5) is 5.95 Å². The molecule has 0 radical (unpaired) electrons. The number of aromatic nitrogens is 2. The number of fused-ring (bicyclic) bond motifs is 1. The second-order valence-corrected chi connectivity index (χ2v) is 6.27. The summed E-state index contributed by atoms with van der Waals surface area (Å²) in [5.41, 5.74) is 1.87. The molecule has 0 saturated heterocycles. The van der Waals surface area contributed by atoms with Gasteiger partial charge in [0.25, 0.3) is 0 Å². The molecule has 0 atom stereocenters. The number of benzene rings is 1. The van der Waals surface area contributed by atoms with Crippen LogP contribution in [0, 0.1) is 0 Å². The zero-order valence-electron chi connectivity index (χ0n) is 9.60. The third-order valence-corrected chi connectivity index (χ3v) is 3.40. The molecule has 0 saturated carbocycles. The van der Waals surface area contributed by atoms with Crippen LogP contribution in [0.25, 0.3) is 11.0 Å². The van der Waals surface area contributed by atoms with Crippen molar-refractivity contribution >= 4 is 26.8 Å². The van der Waals surface area contributed by atoms with Gasteiger partial charge in [-0.25, -0.2) is 13.4 Å². The van der Waals surface area contributed by atoms with Gasteiger partial charge in [0.05, 0.1) is 16.8 Å². The highest BCUT2D eigenvalue weighted by Gasteiger charge is 2.03. The predicted molar refractivity (Wildman–Crippen MR) is 68.9 cm³/mol. The minimum atomic E-state index is -2.87. The third-order valence-electron chi connectivity index (χ3n) is 2.37. The molecule has 0 bridgehead atoms. The van der Waals surface area contributed by atoms with Gasteiger partial charge in [0.2, 0.25) is 5.95 Å². The van der Waals surface area contributed by atoms with Gasteiger partial charge in [0.1, 0.15) is 9.84 Å². The number of aromatic amines is 1. The molecule has 2 aromatic rings. The van der Waals surface area contributed by atoms with Crippen molar-refractivity contribution in [2.24, 2.45) is 0 Å². The van der Waals surface area contributed by atoms with Crippen molar-refractivity contribution < 1.29 is 8.42 Å². The van der Waals surface area contributed by atoms with Gasteiger partial charge in [-0.1, -0.05) is 12.1 Å². The van der Waals surface area contributed by atoms with E-state index in [2.05, 4.69) is 15.3 Å². The van der Waals surface area contributed by atoms with Crippen LogP contribution in [0.15, 0.2) is 24.3 Å². The molecule has 0 spiro atoms. The van der Waals surface area contributed by atoms with E-state index in [0.717, 1.165) is 11.0 Å². The number of hydrogen-bond acceptors (Lipinski definition) is 4. The summed E-state index contributed by atoms with van der Waals surface area (Å²) < 4.78 is 21.9. The lowest BCUT2D eigenvalue weighted by Crippen LogP contribution is -2.10. The molecular formula is C11H15N3O2S. The summed E-state index contributed by atoms with van der Waals surface area (Å²) in [5.74, 6) is 0.875. The number of rotatable bonds is 5. The zero-order valence-corrected chi connectivity index (χ0v) is 10.4. The van der Waals surface area contributed by atoms with Crippen LogP contribution in [0.2, 0.25) is 0 Å². The average molecular weight is 253 g/mol. The van der Waals surface area contributed by atoms with Crippen molar-refractivity contribution in [3.05, 3.63) is 24.3 Å². The molecule has 0 aliphatic heterocycles. The topological polar surface area (TPSA) is 74.8 Å². The number of nitrogens with one attached hydrogen (secondary N) is 2. The quantitative estimate of drug-likeness (QED) is 0.790. The van der Waals surface area contributed by atoms with Crippen LogP contribution in [-0.4, -0.2) is 36.9 Å². The molecule has 2 rings (SSSR count). The summed E-state index contributed by atoms with van der Waals surface area (Å²) in [4.78, 5) is 7.45. The smallest absolute Gasteiger partial charge is 0.201 e. The molecule has 6 heteroatoms. The normalized spacial score (nSPS) is 11.8. The van der Waals surface area contributed by atoms with Crippen molar-refractivity contribution in [3.8, 4) is 0 Å². The van der Waals surface area contributed by atoms with E-state index in [1.54, 1.807) is 0 Å². The summed E-state index contributed by atoms with van der Waals surface area (Å²) >= 11 is 0. The number of nitrogens with zero attached hydrogens (tertiary/aromatic N) is 1. The molecule has 0 aliphatic rings. The van der Waals surface area contributed by atoms with Crippen LogP contribution < -0.4 is 5.32 Å². The van der Waals surface area contributed by atoms with Crippen molar-refractivity contribution in [2.75, 3.05) is 23.9 Å². The number of para-hydroxylation sites is 2. The lowest BCUT2D eigenvalue weighted by Gasteiger charge is -2.01. The molecule has 2 N–H and O–H groups in total. The Kier molecular flexibility index (Phi) is 3.33. The van der Waals surface area contributed by atoms with Crippen molar-refractivity contribution in [3.63, 3.8) is 0 Å². The Labute approximate surface area is 100 Å². The molecule has 0 fully saturated rings. The largest absolute Gasteiger partial charge is 0.356 e. The fourth-order valence-corrected chi connectivity index (χ4v) is 2.25. The number of anilines is 1. The van der Waals surface area contributed by atoms with Gasteiger partial charge in [-0.3, -0.25) is 0 Å². The van der Waals surface area contributed by atoms with E-state index in [4.69, 9.17) is 0 Å². The molecule has 1 aromatic carbocycles. The first-order valence-corrected chi connectivity index (χ1v) is 7.47. The van der Waals surface area contributed by atoms with E-state index >= 15 is 0 Å². The fraction of sp³-hybridized carbons (Fsp3) is 0.364. The Hall–Kier alpha value is -1.56. The zero-order chi connectivity index (χ0) is 12.3. The Morgan fingerprint density at radius 3 is 2.82 bits per heavy atom. The minimum Gasteiger partial charge on any atom is -0.356 e. The average Bonchev–Trinajstić information content (AvgIpc) is 2.65. The van der Waals surface area contributed by atoms with Crippen LogP contribution in [0.1, 0.15) is 6.42 Å². The molecule has 5 nitrogen and oxygen atoms in total. The third kappa shape index (κ3) is 3.45. The van der Waals surface area contributed by atoms with E-state index < -0.39 is 9.84 Å². The maximum Gasteiger partial charge on any atom is 0.201 e. The van der Waals surface area contributed by atoms with Crippen LogP contribution in [-0.2, 0) is 9.84 Å². The van der Waals surface area contributed by atoms with Gasteiger partial charge < -0.3 is 10.3 Å². The van der Waals surface area contributed by atoms with Gasteiger partial charge in [0.15, 0.2) is 0 Å². The first kappa shape index (κ1) is 11.9. The van der Waals surface area contributed by atoms with Crippen molar-refractivity contribution in [1.29, 1.82) is 0 Å². The molecule has 0 amide bonds. The molecule has 0 unspecified atom stereocenters. The van der Waals surface area contributed by atoms with E-state index in [-0.39, 0.29) is 5.75 Å². The van der Waals surface area contributed by atoms with Gasteiger partial charge in [-0.05, 0) is 18.6 Å². The molecule has 0 aliphatic carbocycles. The number of sulfone groups is 1. The highest BCUT2D eigenvalue weighted by Crippen LogP contribution is 2.12. The van der Waals surface area contributed by atoms with Crippen molar-refractivity contribution in [2.45, 2.75) is 6.42 Å². The van der Waals surface area contributed by atoms with Crippen LogP contribution in [0.5, 0.6) is 0 Å². The first-order chi connectivity index (χ1) is 8.04.